The molecule has 1 fully saturated rings. The second-order valence-corrected chi connectivity index (χ2v) is 7.58. The Morgan fingerprint density at radius 2 is 1.67 bits per heavy atom. The van der Waals surface area contributed by atoms with Crippen molar-refractivity contribution in [3.8, 4) is 11.5 Å². The number of urea groups is 1. The van der Waals surface area contributed by atoms with Crippen LogP contribution in [0.1, 0.15) is 5.56 Å². The summed E-state index contributed by atoms with van der Waals surface area (Å²) in [6.45, 7) is 4.49. The summed E-state index contributed by atoms with van der Waals surface area (Å²) in [5.74, 6) is 3.39. The maximum absolute atomic E-state index is 12.7. The van der Waals surface area contributed by atoms with Crippen LogP contribution in [0, 0.1) is 6.92 Å². The third-order valence-electron chi connectivity index (χ3n) is 5.35. The number of anilines is 4. The van der Waals surface area contributed by atoms with Gasteiger partial charge in [-0.2, -0.15) is 0 Å². The van der Waals surface area contributed by atoms with Crippen LogP contribution in [-0.2, 0) is 0 Å². The third kappa shape index (κ3) is 5.40. The average molecular weight is 450 g/mol. The predicted octanol–water partition coefficient (Wildman–Crippen LogP) is 3.29. The van der Waals surface area contributed by atoms with Crippen molar-refractivity contribution < 1.29 is 14.3 Å². The Balaban J connectivity index is 1.34. The molecule has 0 bridgehead atoms. The first-order valence-corrected chi connectivity index (χ1v) is 10.6. The molecule has 172 valence electrons. The lowest BCUT2D eigenvalue weighted by molar-refractivity contribution is 0.208. The summed E-state index contributed by atoms with van der Waals surface area (Å²) in [6.07, 6.45) is 3.29. The number of amides is 2. The monoisotopic (exact) mass is 449 g/mol. The van der Waals surface area contributed by atoms with Crippen LogP contribution in [0.25, 0.3) is 0 Å². The summed E-state index contributed by atoms with van der Waals surface area (Å²) in [7, 11) is 3.14. The Morgan fingerprint density at radius 3 is 2.39 bits per heavy atom. The van der Waals surface area contributed by atoms with Crippen molar-refractivity contribution in [2.75, 3.05) is 55.9 Å². The fourth-order valence-electron chi connectivity index (χ4n) is 3.58. The molecule has 1 aromatic carbocycles. The van der Waals surface area contributed by atoms with Crippen LogP contribution in [0.2, 0.25) is 0 Å². The van der Waals surface area contributed by atoms with E-state index in [2.05, 4.69) is 30.5 Å². The van der Waals surface area contributed by atoms with Crippen molar-refractivity contribution in [1.29, 1.82) is 0 Å². The van der Waals surface area contributed by atoms with Gasteiger partial charge < -0.3 is 29.9 Å². The van der Waals surface area contributed by atoms with Crippen molar-refractivity contribution in [1.82, 2.24) is 19.9 Å². The van der Waals surface area contributed by atoms with E-state index in [0.29, 0.717) is 49.2 Å². The van der Waals surface area contributed by atoms with Crippen LogP contribution in [-0.4, -0.2) is 66.3 Å². The molecule has 3 aromatic rings. The quantitative estimate of drug-likeness (QED) is 0.591. The molecule has 4 rings (SSSR count). The van der Waals surface area contributed by atoms with Crippen LogP contribution in [0.3, 0.4) is 0 Å². The summed E-state index contributed by atoms with van der Waals surface area (Å²) in [4.78, 5) is 29.7. The maximum Gasteiger partial charge on any atom is 0.321 e. The van der Waals surface area contributed by atoms with E-state index in [9.17, 15) is 4.79 Å². The van der Waals surface area contributed by atoms with Crippen molar-refractivity contribution in [3.05, 3.63) is 54.5 Å². The Kier molecular flexibility index (Phi) is 6.72. The van der Waals surface area contributed by atoms with Gasteiger partial charge in [0.05, 0.1) is 14.2 Å². The molecule has 0 saturated carbocycles. The topological polar surface area (TPSA) is 105 Å². The molecule has 2 N–H and O–H groups in total. The van der Waals surface area contributed by atoms with Crippen LogP contribution in [0.4, 0.5) is 27.9 Å². The number of nitrogens with zero attached hydrogens (tertiary/aromatic N) is 5. The minimum Gasteiger partial charge on any atom is -0.493 e. The molecule has 0 aliphatic carbocycles. The van der Waals surface area contributed by atoms with Crippen LogP contribution < -0.4 is 25.0 Å². The summed E-state index contributed by atoms with van der Waals surface area (Å²) in [5, 5.41) is 6.14. The molecule has 0 spiro atoms. The molecule has 10 heteroatoms. The molecular formula is C23H27N7O3. The first-order chi connectivity index (χ1) is 16.1. The second kappa shape index (κ2) is 10.0. The predicted molar refractivity (Wildman–Crippen MR) is 127 cm³/mol. The van der Waals surface area contributed by atoms with E-state index in [1.807, 2.05) is 25.1 Å². The zero-order valence-corrected chi connectivity index (χ0v) is 18.9. The van der Waals surface area contributed by atoms with Gasteiger partial charge in [0, 0.05) is 50.2 Å². The van der Waals surface area contributed by atoms with Gasteiger partial charge in [-0.1, -0.05) is 0 Å². The molecule has 1 saturated heterocycles. The van der Waals surface area contributed by atoms with Gasteiger partial charge in [0.1, 0.15) is 23.8 Å². The van der Waals surface area contributed by atoms with E-state index in [-0.39, 0.29) is 6.03 Å². The number of pyridine rings is 1. The molecule has 0 radical (unpaired) electrons. The zero-order chi connectivity index (χ0) is 23.2. The fraction of sp³-hybridized carbons (Fsp3) is 0.304. The summed E-state index contributed by atoms with van der Waals surface area (Å²) < 4.78 is 10.5. The van der Waals surface area contributed by atoms with Gasteiger partial charge in [-0.3, -0.25) is 0 Å². The number of methoxy groups -OCH3 is 2. The number of hydrogen-bond acceptors (Lipinski definition) is 8. The van der Waals surface area contributed by atoms with E-state index in [0.717, 1.165) is 17.2 Å². The number of piperazine rings is 1. The van der Waals surface area contributed by atoms with Gasteiger partial charge in [0.25, 0.3) is 0 Å². The standard InChI is InChI=1S/C23H27N7O3/c1-16-6-7-24-20(12-16)28-21-14-22(26-15-25-21)29-8-10-30(11-9-29)23(31)27-17-4-5-18(32-2)19(13-17)33-3/h4-7,12-15H,8-11H2,1-3H3,(H,27,31)(H,24,25,26,28). The smallest absolute Gasteiger partial charge is 0.321 e. The number of carbonyl (C=O) groups is 1. The molecule has 2 aromatic heterocycles. The van der Waals surface area contributed by atoms with Gasteiger partial charge in [-0.05, 0) is 36.8 Å². The number of aromatic nitrogens is 3. The van der Waals surface area contributed by atoms with Gasteiger partial charge >= 0.3 is 6.03 Å². The molecule has 0 unspecified atom stereocenters. The molecule has 33 heavy (non-hydrogen) atoms. The number of aryl methyl sites for hydroxylation is 1. The lowest BCUT2D eigenvalue weighted by Gasteiger charge is -2.35. The van der Waals surface area contributed by atoms with Crippen LogP contribution in [0.5, 0.6) is 11.5 Å². The molecule has 1 aliphatic rings. The largest absolute Gasteiger partial charge is 0.493 e. The van der Waals surface area contributed by atoms with E-state index in [1.54, 1.807) is 43.5 Å². The number of ether oxygens (including phenoxy) is 2. The minimum atomic E-state index is -0.155. The molecular weight excluding hydrogens is 422 g/mol. The van der Waals surface area contributed by atoms with Crippen LogP contribution in [0.15, 0.2) is 48.9 Å². The average Bonchev–Trinajstić information content (AvgIpc) is 2.84. The van der Waals surface area contributed by atoms with Crippen molar-refractivity contribution in [2.45, 2.75) is 6.92 Å². The minimum absolute atomic E-state index is 0.155. The number of hydrogen-bond donors (Lipinski definition) is 2. The molecule has 2 amide bonds. The Labute approximate surface area is 192 Å². The zero-order valence-electron chi connectivity index (χ0n) is 18.9. The number of nitrogens with one attached hydrogen (secondary N) is 2. The highest BCUT2D eigenvalue weighted by atomic mass is 16.5. The van der Waals surface area contributed by atoms with E-state index in [1.165, 1.54) is 6.33 Å². The summed E-state index contributed by atoms with van der Waals surface area (Å²) >= 11 is 0. The maximum atomic E-state index is 12.7. The normalized spacial score (nSPS) is 13.4. The Bertz CT molecular complexity index is 1120. The Hall–Kier alpha value is -4.08. The first kappa shape index (κ1) is 22.1. The van der Waals surface area contributed by atoms with Gasteiger partial charge in [-0.25, -0.2) is 19.7 Å². The van der Waals surface area contributed by atoms with E-state index < -0.39 is 0 Å². The molecule has 1 aliphatic heterocycles. The second-order valence-electron chi connectivity index (χ2n) is 7.58. The van der Waals surface area contributed by atoms with Crippen molar-refractivity contribution >= 4 is 29.2 Å². The SMILES string of the molecule is COc1ccc(NC(=O)N2CCN(c3cc(Nc4cc(C)ccn4)ncn3)CC2)cc1OC. The Morgan fingerprint density at radius 1 is 0.909 bits per heavy atom. The fourth-order valence-corrected chi connectivity index (χ4v) is 3.58. The van der Waals surface area contributed by atoms with Gasteiger partial charge in [0.15, 0.2) is 11.5 Å². The highest BCUT2D eigenvalue weighted by Crippen LogP contribution is 2.30. The highest BCUT2D eigenvalue weighted by molar-refractivity contribution is 5.90. The van der Waals surface area contributed by atoms with Crippen molar-refractivity contribution in [2.24, 2.45) is 0 Å². The number of rotatable bonds is 6. The van der Waals surface area contributed by atoms with Gasteiger partial charge in [-0.15, -0.1) is 0 Å². The lowest BCUT2D eigenvalue weighted by Crippen LogP contribution is -2.50. The van der Waals surface area contributed by atoms with Gasteiger partial charge in [0.2, 0.25) is 0 Å². The first-order valence-electron chi connectivity index (χ1n) is 10.6. The molecule has 0 atom stereocenters. The number of benzene rings is 1. The third-order valence-corrected chi connectivity index (χ3v) is 5.35. The van der Waals surface area contributed by atoms with E-state index >= 15 is 0 Å². The van der Waals surface area contributed by atoms with Crippen molar-refractivity contribution in [3.63, 3.8) is 0 Å². The van der Waals surface area contributed by atoms with E-state index in [4.69, 9.17) is 9.47 Å². The number of carbonyl (C=O) groups excluding carboxylic acids is 1. The summed E-state index contributed by atoms with van der Waals surface area (Å²) in [6, 6.07) is 10.9. The molecule has 10 nitrogen and oxygen atoms in total. The van der Waals surface area contributed by atoms with Crippen LogP contribution >= 0.6 is 0 Å². The lowest BCUT2D eigenvalue weighted by atomic mass is 10.2. The molecule has 3 heterocycles. The highest BCUT2D eigenvalue weighted by Gasteiger charge is 2.22. The summed E-state index contributed by atoms with van der Waals surface area (Å²) in [5.41, 5.74) is 1.76.